The third-order valence-electron chi connectivity index (χ3n) is 2.69. The molecule has 0 radical (unpaired) electrons. The molecule has 0 aliphatic rings. The molecule has 0 fully saturated rings. The zero-order valence-electron chi connectivity index (χ0n) is 10.7. The Morgan fingerprint density at radius 1 is 1.24 bits per heavy atom. The molecule has 0 saturated heterocycles. The second-order valence-electron chi connectivity index (χ2n) is 4.16. The average Bonchev–Trinajstić information content (AvgIpc) is 2.96. The minimum Gasteiger partial charge on any atom is -0.467 e. The molecule has 2 heterocycles. The van der Waals surface area contributed by atoms with Gasteiger partial charge in [0.2, 0.25) is 5.88 Å². The van der Waals surface area contributed by atoms with Crippen LogP contribution < -0.4 is 10.1 Å². The van der Waals surface area contributed by atoms with Crippen molar-refractivity contribution in [2.75, 3.05) is 11.9 Å². The van der Waals surface area contributed by atoms with Crippen LogP contribution in [0.15, 0.2) is 42.0 Å². The summed E-state index contributed by atoms with van der Waals surface area (Å²) in [6.45, 7) is -0.181. The van der Waals surface area contributed by atoms with Gasteiger partial charge in [0.1, 0.15) is 17.0 Å². The van der Waals surface area contributed by atoms with E-state index in [1.165, 1.54) is 41.9 Å². The van der Waals surface area contributed by atoms with Gasteiger partial charge in [0, 0.05) is 5.69 Å². The summed E-state index contributed by atoms with van der Waals surface area (Å²) in [6.07, 6.45) is 1.39. The number of fused-ring (bicyclic) bond motifs is 1. The van der Waals surface area contributed by atoms with Gasteiger partial charge in [0.05, 0.1) is 5.39 Å². The van der Waals surface area contributed by atoms with E-state index in [-0.39, 0.29) is 18.3 Å². The number of carbonyl (C=O) groups is 1. The molecule has 0 saturated carbocycles. The van der Waals surface area contributed by atoms with E-state index in [4.69, 9.17) is 4.74 Å². The van der Waals surface area contributed by atoms with Gasteiger partial charge < -0.3 is 10.1 Å². The SMILES string of the molecule is O=C(COc1ncnc2sccc12)Nc1ccc(F)cc1. The number of benzene rings is 1. The summed E-state index contributed by atoms with van der Waals surface area (Å²) >= 11 is 1.47. The summed E-state index contributed by atoms with van der Waals surface area (Å²) in [4.78, 5) is 20.7. The fraction of sp³-hybridized carbons (Fsp3) is 0.0714. The Morgan fingerprint density at radius 2 is 2.05 bits per heavy atom. The van der Waals surface area contributed by atoms with Crippen LogP contribution in [0.1, 0.15) is 0 Å². The van der Waals surface area contributed by atoms with Crippen molar-refractivity contribution < 1.29 is 13.9 Å². The number of nitrogens with one attached hydrogen (secondary N) is 1. The molecule has 0 aliphatic carbocycles. The number of anilines is 1. The summed E-state index contributed by atoms with van der Waals surface area (Å²) in [6, 6.07) is 7.35. The average molecular weight is 303 g/mol. The van der Waals surface area contributed by atoms with Gasteiger partial charge in [-0.2, -0.15) is 0 Å². The highest BCUT2D eigenvalue weighted by Gasteiger charge is 2.09. The van der Waals surface area contributed by atoms with Gasteiger partial charge in [-0.15, -0.1) is 11.3 Å². The van der Waals surface area contributed by atoms with Gasteiger partial charge in [-0.05, 0) is 35.7 Å². The van der Waals surface area contributed by atoms with Crippen LogP contribution >= 0.6 is 11.3 Å². The maximum atomic E-state index is 12.8. The lowest BCUT2D eigenvalue weighted by atomic mass is 10.3. The monoisotopic (exact) mass is 303 g/mol. The normalized spacial score (nSPS) is 10.5. The zero-order chi connectivity index (χ0) is 14.7. The van der Waals surface area contributed by atoms with Crippen LogP contribution in [0.4, 0.5) is 10.1 Å². The topological polar surface area (TPSA) is 64.1 Å². The molecule has 0 spiro atoms. The summed E-state index contributed by atoms with van der Waals surface area (Å²) < 4.78 is 18.2. The number of carbonyl (C=O) groups excluding carboxylic acids is 1. The van der Waals surface area contributed by atoms with E-state index in [1.54, 1.807) is 0 Å². The molecule has 1 aromatic carbocycles. The minimum atomic E-state index is -0.356. The molecule has 21 heavy (non-hydrogen) atoms. The van der Waals surface area contributed by atoms with E-state index < -0.39 is 0 Å². The highest BCUT2D eigenvalue weighted by molar-refractivity contribution is 7.16. The maximum absolute atomic E-state index is 12.8. The van der Waals surface area contributed by atoms with E-state index in [9.17, 15) is 9.18 Å². The van der Waals surface area contributed by atoms with Crippen LogP contribution in [-0.2, 0) is 4.79 Å². The van der Waals surface area contributed by atoms with Gasteiger partial charge in [-0.25, -0.2) is 14.4 Å². The summed E-state index contributed by atoms with van der Waals surface area (Å²) in [5, 5.41) is 5.26. The number of hydrogen-bond donors (Lipinski definition) is 1. The van der Waals surface area contributed by atoms with Gasteiger partial charge in [0.25, 0.3) is 5.91 Å². The molecule has 0 aliphatic heterocycles. The molecule has 0 bridgehead atoms. The second-order valence-corrected chi connectivity index (χ2v) is 5.06. The first-order chi connectivity index (χ1) is 10.2. The zero-order valence-corrected chi connectivity index (χ0v) is 11.6. The molecule has 3 rings (SSSR count). The largest absolute Gasteiger partial charge is 0.467 e. The Morgan fingerprint density at radius 3 is 2.86 bits per heavy atom. The molecule has 106 valence electrons. The van der Waals surface area contributed by atoms with Gasteiger partial charge >= 0.3 is 0 Å². The first-order valence-corrected chi connectivity index (χ1v) is 6.97. The molecule has 2 aromatic heterocycles. The fourth-order valence-corrected chi connectivity index (χ4v) is 2.47. The first kappa shape index (κ1) is 13.4. The van der Waals surface area contributed by atoms with Crippen LogP contribution in [0.3, 0.4) is 0 Å². The molecule has 0 unspecified atom stereocenters. The van der Waals surface area contributed by atoms with E-state index >= 15 is 0 Å². The molecule has 1 N–H and O–H groups in total. The molecular formula is C14H10FN3O2S. The highest BCUT2D eigenvalue weighted by Crippen LogP contribution is 2.25. The predicted molar refractivity (Wildman–Crippen MR) is 77.9 cm³/mol. The fourth-order valence-electron chi connectivity index (χ4n) is 1.75. The van der Waals surface area contributed by atoms with E-state index in [0.717, 1.165) is 10.2 Å². The van der Waals surface area contributed by atoms with E-state index in [1.807, 2.05) is 11.4 Å². The van der Waals surface area contributed by atoms with Crippen molar-refractivity contribution in [3.63, 3.8) is 0 Å². The molecule has 7 heteroatoms. The number of aromatic nitrogens is 2. The summed E-state index contributed by atoms with van der Waals surface area (Å²) in [5.74, 6) is -0.329. The minimum absolute atomic E-state index is 0.181. The Kier molecular flexibility index (Phi) is 3.74. The maximum Gasteiger partial charge on any atom is 0.262 e. The summed E-state index contributed by atoms with van der Waals surface area (Å²) in [7, 11) is 0. The quantitative estimate of drug-likeness (QED) is 0.805. The van der Waals surface area contributed by atoms with Crippen molar-refractivity contribution in [3.8, 4) is 5.88 Å². The highest BCUT2D eigenvalue weighted by atomic mass is 32.1. The predicted octanol–water partition coefficient (Wildman–Crippen LogP) is 2.85. The van der Waals surface area contributed by atoms with Gasteiger partial charge in [0.15, 0.2) is 6.61 Å². The Balaban J connectivity index is 1.63. The van der Waals surface area contributed by atoms with Crippen molar-refractivity contribution in [3.05, 3.63) is 47.9 Å². The third-order valence-corrected chi connectivity index (χ3v) is 3.51. The first-order valence-electron chi connectivity index (χ1n) is 6.09. The Labute approximate surface area is 123 Å². The Hall–Kier alpha value is -2.54. The Bertz CT molecular complexity index is 773. The number of halogens is 1. The second kappa shape index (κ2) is 5.84. The van der Waals surface area contributed by atoms with Crippen molar-refractivity contribution >= 4 is 33.1 Å². The number of ether oxygens (including phenoxy) is 1. The number of rotatable bonds is 4. The lowest BCUT2D eigenvalue weighted by Gasteiger charge is -2.07. The standard InChI is InChI=1S/C14H10FN3O2S/c15-9-1-3-10(4-2-9)18-12(19)7-20-13-11-5-6-21-14(11)17-8-16-13/h1-6,8H,7H2,(H,18,19). The third kappa shape index (κ3) is 3.14. The lowest BCUT2D eigenvalue weighted by Crippen LogP contribution is -2.20. The number of nitrogens with zero attached hydrogens (tertiary/aromatic N) is 2. The van der Waals surface area contributed by atoms with Crippen LogP contribution in [0.5, 0.6) is 5.88 Å². The van der Waals surface area contributed by atoms with Gasteiger partial charge in [-0.3, -0.25) is 4.79 Å². The van der Waals surface area contributed by atoms with Crippen LogP contribution in [0, 0.1) is 5.82 Å². The molecule has 0 atom stereocenters. The van der Waals surface area contributed by atoms with Crippen LogP contribution in [-0.4, -0.2) is 22.5 Å². The van der Waals surface area contributed by atoms with Crippen molar-refractivity contribution in [2.45, 2.75) is 0 Å². The summed E-state index contributed by atoms with van der Waals surface area (Å²) in [5.41, 5.74) is 0.508. The number of hydrogen-bond acceptors (Lipinski definition) is 5. The molecular weight excluding hydrogens is 293 g/mol. The van der Waals surface area contributed by atoms with E-state index in [2.05, 4.69) is 15.3 Å². The number of amides is 1. The molecule has 1 amide bonds. The van der Waals surface area contributed by atoms with E-state index in [0.29, 0.717) is 11.6 Å². The number of thiophene rings is 1. The smallest absolute Gasteiger partial charge is 0.262 e. The molecule has 5 nitrogen and oxygen atoms in total. The van der Waals surface area contributed by atoms with Crippen molar-refractivity contribution in [2.24, 2.45) is 0 Å². The lowest BCUT2D eigenvalue weighted by molar-refractivity contribution is -0.118. The van der Waals surface area contributed by atoms with Crippen molar-refractivity contribution in [1.82, 2.24) is 9.97 Å². The molecule has 3 aromatic rings. The van der Waals surface area contributed by atoms with Crippen LogP contribution in [0.25, 0.3) is 10.2 Å². The van der Waals surface area contributed by atoms with Gasteiger partial charge in [-0.1, -0.05) is 0 Å². The van der Waals surface area contributed by atoms with Crippen LogP contribution in [0.2, 0.25) is 0 Å². The van der Waals surface area contributed by atoms with Crippen molar-refractivity contribution in [1.29, 1.82) is 0 Å².